The van der Waals surface area contributed by atoms with Crippen LogP contribution in [0.25, 0.3) is 6.08 Å². The number of nitrogens with one attached hydrogen (secondary N) is 1. The molecule has 1 aliphatic rings. The fourth-order valence-corrected chi connectivity index (χ4v) is 5.55. The van der Waals surface area contributed by atoms with Crippen molar-refractivity contribution in [1.82, 2.24) is 15.5 Å². The molecule has 47 heavy (non-hydrogen) atoms. The summed E-state index contributed by atoms with van der Waals surface area (Å²) in [5.74, 6) is -1.58. The number of esters is 1. The molecule has 0 radical (unpaired) electrons. The zero-order valence-electron chi connectivity index (χ0n) is 27.3. The molecule has 2 unspecified atom stereocenters. The highest BCUT2D eigenvalue weighted by atomic mass is 16.5. The Morgan fingerprint density at radius 3 is 2.40 bits per heavy atom. The number of phenols is 2. The minimum Gasteiger partial charge on any atom is -0.507 e. The Labute approximate surface area is 272 Å². The second-order valence-electron chi connectivity index (χ2n) is 11.3. The third kappa shape index (κ3) is 8.60. The van der Waals surface area contributed by atoms with Crippen LogP contribution in [0.3, 0.4) is 0 Å². The van der Waals surface area contributed by atoms with Gasteiger partial charge in [-0.2, -0.15) is 4.98 Å². The van der Waals surface area contributed by atoms with Crippen molar-refractivity contribution in [3.63, 3.8) is 0 Å². The van der Waals surface area contributed by atoms with Gasteiger partial charge in [0.2, 0.25) is 17.5 Å². The summed E-state index contributed by atoms with van der Waals surface area (Å²) >= 11 is 0. The van der Waals surface area contributed by atoms with Gasteiger partial charge in [0.1, 0.15) is 22.8 Å². The number of hydrogen-bond donors (Lipinski definition) is 3. The van der Waals surface area contributed by atoms with Crippen molar-refractivity contribution in [2.75, 3.05) is 21.3 Å². The number of carbonyl (C=O) groups is 3. The van der Waals surface area contributed by atoms with E-state index in [4.69, 9.17) is 23.5 Å². The summed E-state index contributed by atoms with van der Waals surface area (Å²) in [4.78, 5) is 43.3. The number of ether oxygens (including phenoxy) is 4. The lowest BCUT2D eigenvalue weighted by molar-refractivity contribution is -0.121. The van der Waals surface area contributed by atoms with E-state index in [0.717, 1.165) is 0 Å². The molecule has 0 aliphatic carbocycles. The predicted octanol–water partition coefficient (Wildman–Crippen LogP) is 5.14. The monoisotopic (exact) mass is 651 g/mol. The zero-order valence-corrected chi connectivity index (χ0v) is 27.3. The second kappa shape index (κ2) is 16.0. The molecule has 0 spiro atoms. The molecule has 13 nitrogen and oxygen atoms in total. The van der Waals surface area contributed by atoms with Crippen LogP contribution in [0.2, 0.25) is 0 Å². The highest BCUT2D eigenvalue weighted by Crippen LogP contribution is 2.47. The van der Waals surface area contributed by atoms with Crippen molar-refractivity contribution in [3.05, 3.63) is 58.2 Å². The molecule has 2 atom stereocenters. The number of aromatic hydroxyl groups is 2. The van der Waals surface area contributed by atoms with Crippen molar-refractivity contribution < 1.29 is 48.1 Å². The Kier molecular flexibility index (Phi) is 11.8. The smallest absolute Gasteiger partial charge is 0.342 e. The van der Waals surface area contributed by atoms with E-state index in [9.17, 15) is 24.6 Å². The van der Waals surface area contributed by atoms with Gasteiger partial charge in [-0.05, 0) is 68.9 Å². The number of methoxy groups -OCH3 is 3. The maximum atomic E-state index is 13.6. The largest absolute Gasteiger partial charge is 0.507 e. The van der Waals surface area contributed by atoms with Crippen molar-refractivity contribution >= 4 is 23.7 Å². The van der Waals surface area contributed by atoms with Gasteiger partial charge in [-0.15, -0.1) is 0 Å². The molecule has 1 aromatic heterocycles. The summed E-state index contributed by atoms with van der Waals surface area (Å²) in [6.45, 7) is 3.32. The molecule has 3 aromatic rings. The molecule has 0 fully saturated rings. The average Bonchev–Trinajstić information content (AvgIpc) is 3.46. The summed E-state index contributed by atoms with van der Waals surface area (Å²) < 4.78 is 27.3. The molecule has 2 aromatic carbocycles. The summed E-state index contributed by atoms with van der Waals surface area (Å²) in [6, 6.07) is 4.56. The third-order valence-electron chi connectivity index (χ3n) is 7.89. The van der Waals surface area contributed by atoms with Crippen LogP contribution < -0.4 is 19.5 Å². The fraction of sp³-hybridized carbons (Fsp3) is 0.441. The molecule has 4 rings (SSSR count). The quantitative estimate of drug-likeness (QED) is 0.260. The summed E-state index contributed by atoms with van der Waals surface area (Å²) in [6.07, 6.45) is 5.58. The number of Topliss-reactive ketones (excluding diaryl/α,β-unsaturated/α-hetero) is 1. The highest BCUT2D eigenvalue weighted by Gasteiger charge is 2.32. The molecule has 0 bridgehead atoms. The zero-order chi connectivity index (χ0) is 34.1. The lowest BCUT2D eigenvalue weighted by atomic mass is 9.84. The predicted molar refractivity (Wildman–Crippen MR) is 170 cm³/mol. The summed E-state index contributed by atoms with van der Waals surface area (Å²) in [7, 11) is 4.33. The first-order valence-corrected chi connectivity index (χ1v) is 15.4. The Morgan fingerprint density at radius 2 is 1.77 bits per heavy atom. The minimum absolute atomic E-state index is 0.0512. The van der Waals surface area contributed by atoms with E-state index < -0.39 is 29.6 Å². The van der Waals surface area contributed by atoms with Crippen LogP contribution in [-0.2, 0) is 20.9 Å². The lowest BCUT2D eigenvalue weighted by Crippen LogP contribution is -2.25. The Bertz CT molecular complexity index is 1610. The number of ketones is 1. The number of cyclic esters (lactones) is 1. The van der Waals surface area contributed by atoms with Crippen LogP contribution in [0.4, 0.5) is 0 Å². The maximum absolute atomic E-state index is 13.6. The molecule has 1 amide bonds. The van der Waals surface area contributed by atoms with E-state index in [1.807, 2.05) is 0 Å². The molecule has 0 saturated heterocycles. The first-order chi connectivity index (χ1) is 22.6. The van der Waals surface area contributed by atoms with E-state index in [1.54, 1.807) is 38.1 Å². The van der Waals surface area contributed by atoms with E-state index in [-0.39, 0.29) is 58.6 Å². The van der Waals surface area contributed by atoms with E-state index >= 15 is 0 Å². The second-order valence-corrected chi connectivity index (χ2v) is 11.3. The lowest BCUT2D eigenvalue weighted by Gasteiger charge is -2.24. The molecule has 0 saturated carbocycles. The topological polar surface area (TPSA) is 180 Å². The number of hydrogen-bond acceptors (Lipinski definition) is 12. The first kappa shape index (κ1) is 34.8. The molecular weight excluding hydrogens is 610 g/mol. The van der Waals surface area contributed by atoms with Crippen LogP contribution in [0, 0.1) is 6.92 Å². The Balaban J connectivity index is 1.84. The number of aryl methyl sites for hydroxylation is 1. The van der Waals surface area contributed by atoms with Crippen LogP contribution >= 0.6 is 0 Å². The van der Waals surface area contributed by atoms with Gasteiger partial charge < -0.3 is 39.0 Å². The summed E-state index contributed by atoms with van der Waals surface area (Å²) in [5, 5.41) is 29.7. The SMILES string of the molecule is COc1cc(C(CC(=O)NCc2nc(C)no2)c2c(O)cc3c(c2O)C(=O)OC(C)CCCC(=O)CCCC=C3)cc(OC)c1OC. The van der Waals surface area contributed by atoms with Crippen LogP contribution in [0.1, 0.15) is 96.6 Å². The fourth-order valence-electron chi connectivity index (χ4n) is 5.55. The van der Waals surface area contributed by atoms with E-state index in [2.05, 4.69) is 15.5 Å². The Morgan fingerprint density at radius 1 is 1.06 bits per heavy atom. The van der Waals surface area contributed by atoms with E-state index in [0.29, 0.717) is 55.7 Å². The molecule has 3 N–H and O–H groups in total. The van der Waals surface area contributed by atoms with Gasteiger partial charge in [0.05, 0.1) is 34.0 Å². The molecular formula is C34H41N3O10. The third-order valence-corrected chi connectivity index (χ3v) is 7.89. The molecule has 13 heteroatoms. The number of rotatable bonds is 9. The molecule has 2 heterocycles. The van der Waals surface area contributed by atoms with Gasteiger partial charge in [0.25, 0.3) is 0 Å². The van der Waals surface area contributed by atoms with Gasteiger partial charge in [-0.25, -0.2) is 4.79 Å². The Hall–Kier alpha value is -5.07. The van der Waals surface area contributed by atoms with Gasteiger partial charge in [0, 0.05) is 30.7 Å². The number of benzene rings is 2. The van der Waals surface area contributed by atoms with Crippen molar-refractivity contribution in [2.45, 2.75) is 77.4 Å². The van der Waals surface area contributed by atoms with E-state index in [1.165, 1.54) is 27.4 Å². The summed E-state index contributed by atoms with van der Waals surface area (Å²) in [5.41, 5.74) is 0.403. The number of amides is 1. The molecule has 1 aliphatic heterocycles. The van der Waals surface area contributed by atoms with Crippen molar-refractivity contribution in [1.29, 1.82) is 0 Å². The van der Waals surface area contributed by atoms with Crippen molar-refractivity contribution in [3.8, 4) is 28.7 Å². The average molecular weight is 652 g/mol. The van der Waals surface area contributed by atoms with Gasteiger partial charge in [-0.3, -0.25) is 9.59 Å². The van der Waals surface area contributed by atoms with Crippen LogP contribution in [0.15, 0.2) is 28.8 Å². The van der Waals surface area contributed by atoms with Gasteiger partial charge in [-0.1, -0.05) is 17.3 Å². The molecule has 252 valence electrons. The first-order valence-electron chi connectivity index (χ1n) is 15.4. The maximum Gasteiger partial charge on any atom is 0.342 e. The number of nitrogens with zero attached hydrogens (tertiary/aromatic N) is 2. The minimum atomic E-state index is -1.02. The number of allylic oxidation sites excluding steroid dienone is 1. The number of phenolic OH excluding ortho intramolecular Hbond substituents is 2. The van der Waals surface area contributed by atoms with Crippen LogP contribution in [0.5, 0.6) is 28.7 Å². The standard InChI is InChI=1S/C34H41N3O10/c1-19-10-9-13-23(38)12-8-6-7-11-21-14-25(39)31(32(41)30(21)34(42)46-19)24(17-28(40)35-18-29-36-20(2)37-47-29)22-15-26(43-3)33(45-5)27(16-22)44-4/h7,11,14-16,19,24,39,41H,6,8-10,12-13,17-18H2,1-5H3,(H,35,40). The highest BCUT2D eigenvalue weighted by molar-refractivity contribution is 5.98. The van der Waals surface area contributed by atoms with Gasteiger partial charge in [0.15, 0.2) is 17.3 Å². The number of aromatic nitrogens is 2. The van der Waals surface area contributed by atoms with Crippen LogP contribution in [-0.4, -0.2) is 65.4 Å². The van der Waals surface area contributed by atoms with Gasteiger partial charge >= 0.3 is 5.97 Å². The normalized spacial score (nSPS) is 16.4. The number of carbonyl (C=O) groups excluding carboxylic acids is 3. The van der Waals surface area contributed by atoms with Crippen molar-refractivity contribution in [2.24, 2.45) is 0 Å². The number of fused-ring (bicyclic) bond motifs is 1.